The molecule has 0 radical (unpaired) electrons. The maximum atomic E-state index is 11.5. The number of rotatable bonds is 3. The Morgan fingerprint density at radius 2 is 2.06 bits per heavy atom. The zero-order valence-electron chi connectivity index (χ0n) is 9.46. The van der Waals surface area contributed by atoms with Crippen molar-refractivity contribution in [3.8, 4) is 0 Å². The molecule has 0 bridgehead atoms. The Bertz CT molecular complexity index is 421. The third-order valence-electron chi connectivity index (χ3n) is 3.58. The molecule has 0 aromatic heterocycles. The minimum Gasteiger partial charge on any atom is -0.352 e. The largest absolute Gasteiger partial charge is 0.352 e. The van der Waals surface area contributed by atoms with Crippen LogP contribution in [-0.2, 0) is 24.2 Å². The van der Waals surface area contributed by atoms with Gasteiger partial charge in [-0.15, -0.1) is 0 Å². The number of carbonyl (C=O) groups excluding carboxylic acids is 1. The Kier molecular flexibility index (Phi) is 2.43. The maximum absolute atomic E-state index is 11.5. The molecule has 2 aliphatic rings. The summed E-state index contributed by atoms with van der Waals surface area (Å²) >= 11 is 0. The number of aryl methyl sites for hydroxylation is 2. The van der Waals surface area contributed by atoms with Crippen molar-refractivity contribution in [1.82, 2.24) is 5.32 Å². The standard InChI is InChI=1S/C14H17NO/c16-14(12-6-7-12)15-9-10-4-5-11-2-1-3-13(11)8-10/h4-5,8,12H,1-3,6-7,9H2,(H,15,16). The van der Waals surface area contributed by atoms with E-state index < -0.39 is 0 Å². The second kappa shape index (κ2) is 3.93. The second-order valence-corrected chi connectivity index (χ2v) is 4.95. The highest BCUT2D eigenvalue weighted by atomic mass is 16.2. The number of fused-ring (bicyclic) bond motifs is 1. The summed E-state index contributed by atoms with van der Waals surface area (Å²) in [6, 6.07) is 6.63. The highest BCUT2D eigenvalue weighted by Gasteiger charge is 2.29. The molecule has 0 heterocycles. The van der Waals surface area contributed by atoms with Gasteiger partial charge < -0.3 is 5.32 Å². The smallest absolute Gasteiger partial charge is 0.223 e. The first-order chi connectivity index (χ1) is 7.83. The topological polar surface area (TPSA) is 29.1 Å². The van der Waals surface area contributed by atoms with Gasteiger partial charge in [0.25, 0.3) is 0 Å². The molecule has 84 valence electrons. The zero-order valence-corrected chi connectivity index (χ0v) is 9.46. The summed E-state index contributed by atoms with van der Waals surface area (Å²) in [5.41, 5.74) is 4.23. The molecule has 1 aromatic carbocycles. The first-order valence-corrected chi connectivity index (χ1v) is 6.21. The van der Waals surface area contributed by atoms with Gasteiger partial charge in [0.15, 0.2) is 0 Å². The Balaban J connectivity index is 1.63. The lowest BCUT2D eigenvalue weighted by Crippen LogP contribution is -2.24. The van der Waals surface area contributed by atoms with Crippen LogP contribution in [0.4, 0.5) is 0 Å². The summed E-state index contributed by atoms with van der Waals surface area (Å²) in [7, 11) is 0. The van der Waals surface area contributed by atoms with Gasteiger partial charge in [-0.1, -0.05) is 18.2 Å². The summed E-state index contributed by atoms with van der Waals surface area (Å²) in [6.45, 7) is 0.697. The van der Waals surface area contributed by atoms with Crippen molar-refractivity contribution in [1.29, 1.82) is 0 Å². The Labute approximate surface area is 96.1 Å². The van der Waals surface area contributed by atoms with Gasteiger partial charge in [0.05, 0.1) is 0 Å². The lowest BCUT2D eigenvalue weighted by Gasteiger charge is -2.06. The van der Waals surface area contributed by atoms with Crippen LogP contribution in [0.2, 0.25) is 0 Å². The number of carbonyl (C=O) groups is 1. The predicted octanol–water partition coefficient (Wildman–Crippen LogP) is 2.20. The van der Waals surface area contributed by atoms with Gasteiger partial charge in [0, 0.05) is 12.5 Å². The molecule has 2 aliphatic carbocycles. The van der Waals surface area contributed by atoms with Gasteiger partial charge in [-0.05, 0) is 48.8 Å². The van der Waals surface area contributed by atoms with Gasteiger partial charge in [-0.2, -0.15) is 0 Å². The molecule has 0 aliphatic heterocycles. The fourth-order valence-corrected chi connectivity index (χ4v) is 2.41. The number of hydrogen-bond donors (Lipinski definition) is 1. The van der Waals surface area contributed by atoms with Crippen molar-refractivity contribution in [2.24, 2.45) is 5.92 Å². The molecule has 1 saturated carbocycles. The molecule has 2 heteroatoms. The second-order valence-electron chi connectivity index (χ2n) is 4.95. The first-order valence-electron chi connectivity index (χ1n) is 6.21. The van der Waals surface area contributed by atoms with E-state index in [1.807, 2.05) is 0 Å². The van der Waals surface area contributed by atoms with Crippen LogP contribution >= 0.6 is 0 Å². The summed E-state index contributed by atoms with van der Waals surface area (Å²) in [5, 5.41) is 3.01. The minimum atomic E-state index is 0.237. The molecule has 1 N–H and O–H groups in total. The van der Waals surface area contributed by atoms with Gasteiger partial charge >= 0.3 is 0 Å². The van der Waals surface area contributed by atoms with Crippen molar-refractivity contribution in [3.05, 3.63) is 34.9 Å². The van der Waals surface area contributed by atoms with Crippen LogP contribution in [0.15, 0.2) is 18.2 Å². The van der Waals surface area contributed by atoms with Crippen molar-refractivity contribution < 1.29 is 4.79 Å². The fraction of sp³-hybridized carbons (Fsp3) is 0.500. The lowest BCUT2D eigenvalue weighted by molar-refractivity contribution is -0.122. The summed E-state index contributed by atoms with van der Waals surface area (Å²) in [6.07, 6.45) is 5.88. The number of benzene rings is 1. The average Bonchev–Trinajstić information content (AvgIpc) is 3.04. The van der Waals surface area contributed by atoms with E-state index in [0.717, 1.165) is 12.8 Å². The number of nitrogens with one attached hydrogen (secondary N) is 1. The van der Waals surface area contributed by atoms with E-state index in [2.05, 4.69) is 23.5 Å². The fourth-order valence-electron chi connectivity index (χ4n) is 2.41. The van der Waals surface area contributed by atoms with Crippen LogP contribution in [0.25, 0.3) is 0 Å². The molecule has 3 rings (SSSR count). The average molecular weight is 215 g/mol. The number of hydrogen-bond acceptors (Lipinski definition) is 1. The molecular weight excluding hydrogens is 198 g/mol. The maximum Gasteiger partial charge on any atom is 0.223 e. The van der Waals surface area contributed by atoms with Crippen LogP contribution in [0, 0.1) is 5.92 Å². The molecule has 16 heavy (non-hydrogen) atoms. The van der Waals surface area contributed by atoms with E-state index in [9.17, 15) is 4.79 Å². The Morgan fingerprint density at radius 1 is 1.25 bits per heavy atom. The van der Waals surface area contributed by atoms with Crippen LogP contribution in [0.1, 0.15) is 36.0 Å². The van der Waals surface area contributed by atoms with E-state index in [1.54, 1.807) is 0 Å². The molecule has 0 saturated heterocycles. The molecule has 1 amide bonds. The van der Waals surface area contributed by atoms with Crippen LogP contribution in [0.3, 0.4) is 0 Å². The highest BCUT2D eigenvalue weighted by Crippen LogP contribution is 2.29. The Morgan fingerprint density at radius 3 is 2.88 bits per heavy atom. The molecular formula is C14H17NO. The monoisotopic (exact) mass is 215 g/mol. The van der Waals surface area contributed by atoms with Gasteiger partial charge in [0.1, 0.15) is 0 Å². The molecule has 0 spiro atoms. The highest BCUT2D eigenvalue weighted by molar-refractivity contribution is 5.80. The van der Waals surface area contributed by atoms with E-state index >= 15 is 0 Å². The van der Waals surface area contributed by atoms with Gasteiger partial charge in [-0.3, -0.25) is 4.79 Å². The van der Waals surface area contributed by atoms with Crippen LogP contribution < -0.4 is 5.32 Å². The SMILES string of the molecule is O=C(NCc1ccc2c(c1)CCC2)C1CC1. The van der Waals surface area contributed by atoms with E-state index in [-0.39, 0.29) is 5.91 Å². The predicted molar refractivity (Wildman–Crippen MR) is 63.0 cm³/mol. The van der Waals surface area contributed by atoms with Crippen molar-refractivity contribution in [2.45, 2.75) is 38.6 Å². The third kappa shape index (κ3) is 1.97. The van der Waals surface area contributed by atoms with Crippen molar-refractivity contribution in [2.75, 3.05) is 0 Å². The Hall–Kier alpha value is -1.31. The molecule has 1 fully saturated rings. The number of amides is 1. The van der Waals surface area contributed by atoms with Gasteiger partial charge in [-0.25, -0.2) is 0 Å². The lowest BCUT2D eigenvalue weighted by atomic mass is 10.1. The molecule has 0 unspecified atom stereocenters. The van der Waals surface area contributed by atoms with Gasteiger partial charge in [0.2, 0.25) is 5.91 Å². The van der Waals surface area contributed by atoms with Crippen LogP contribution in [-0.4, -0.2) is 5.91 Å². The summed E-state index contributed by atoms with van der Waals surface area (Å²) in [5.74, 6) is 0.551. The molecule has 0 atom stereocenters. The molecule has 1 aromatic rings. The summed E-state index contributed by atoms with van der Waals surface area (Å²) < 4.78 is 0. The normalized spacial score (nSPS) is 18.2. The van der Waals surface area contributed by atoms with E-state index in [0.29, 0.717) is 12.5 Å². The third-order valence-corrected chi connectivity index (χ3v) is 3.58. The van der Waals surface area contributed by atoms with Crippen molar-refractivity contribution in [3.63, 3.8) is 0 Å². The van der Waals surface area contributed by atoms with Crippen LogP contribution in [0.5, 0.6) is 0 Å². The summed E-state index contributed by atoms with van der Waals surface area (Å²) in [4.78, 5) is 11.5. The van der Waals surface area contributed by atoms with Crippen molar-refractivity contribution >= 4 is 5.91 Å². The minimum absolute atomic E-state index is 0.237. The quantitative estimate of drug-likeness (QED) is 0.823. The zero-order chi connectivity index (χ0) is 11.0. The molecule has 2 nitrogen and oxygen atoms in total. The first kappa shape index (κ1) is 9.88. The van der Waals surface area contributed by atoms with E-state index in [1.165, 1.54) is 36.0 Å². The van der Waals surface area contributed by atoms with E-state index in [4.69, 9.17) is 0 Å².